The molecule has 1 fully saturated rings. The van der Waals surface area contributed by atoms with E-state index in [2.05, 4.69) is 25.9 Å². The molecule has 0 N–H and O–H groups in total. The molecule has 0 spiro atoms. The van der Waals surface area contributed by atoms with Crippen molar-refractivity contribution in [2.45, 2.75) is 79.2 Å². The van der Waals surface area contributed by atoms with Crippen molar-refractivity contribution >= 4 is 11.9 Å². The summed E-state index contributed by atoms with van der Waals surface area (Å²) in [5.41, 5.74) is 2.41. The maximum Gasteiger partial charge on any atom is 0.270 e. The molecule has 1 aliphatic carbocycles. The molecule has 0 bridgehead atoms. The summed E-state index contributed by atoms with van der Waals surface area (Å²) >= 11 is 0. The molecule has 2 aromatic rings. The highest BCUT2D eigenvalue weighted by Crippen LogP contribution is 2.28. The first-order valence-corrected chi connectivity index (χ1v) is 10.6. The Morgan fingerprint density at radius 2 is 1.86 bits per heavy atom. The van der Waals surface area contributed by atoms with Gasteiger partial charge >= 0.3 is 0 Å². The number of rotatable bonds is 5. The molecule has 6 heteroatoms. The third-order valence-corrected chi connectivity index (χ3v) is 5.93. The fourth-order valence-corrected chi connectivity index (χ4v) is 4.06. The third kappa shape index (κ3) is 4.46. The van der Waals surface area contributed by atoms with Gasteiger partial charge in [-0.15, -0.1) is 0 Å². The van der Waals surface area contributed by atoms with Gasteiger partial charge in [-0.3, -0.25) is 14.3 Å². The third-order valence-electron chi connectivity index (χ3n) is 5.93. The summed E-state index contributed by atoms with van der Waals surface area (Å²) in [5, 5.41) is 4.00. The van der Waals surface area contributed by atoms with Gasteiger partial charge in [-0.2, -0.15) is 0 Å². The lowest BCUT2D eigenvalue weighted by molar-refractivity contribution is 0.0983. The molecule has 6 nitrogen and oxygen atoms in total. The number of Topliss-reactive ketones (excluding diaryl/α,β-unsaturated/α-hetero) is 1. The van der Waals surface area contributed by atoms with Gasteiger partial charge in [-0.05, 0) is 38.2 Å². The van der Waals surface area contributed by atoms with Crippen LogP contribution in [0.25, 0.3) is 6.08 Å². The summed E-state index contributed by atoms with van der Waals surface area (Å²) in [5.74, 6) is 0.413. The lowest BCUT2D eigenvalue weighted by Gasteiger charge is -2.24. The lowest BCUT2D eigenvalue weighted by atomic mass is 9.95. The minimum absolute atomic E-state index is 0.00869. The van der Waals surface area contributed by atoms with Crippen LogP contribution in [0.3, 0.4) is 0 Å². The van der Waals surface area contributed by atoms with E-state index in [4.69, 9.17) is 4.52 Å². The van der Waals surface area contributed by atoms with Crippen LogP contribution in [0.5, 0.6) is 0 Å². The molecule has 158 valence electrons. The van der Waals surface area contributed by atoms with Crippen molar-refractivity contribution in [3.8, 4) is 0 Å². The van der Waals surface area contributed by atoms with Gasteiger partial charge < -0.3 is 4.52 Å². The van der Waals surface area contributed by atoms with Crippen LogP contribution in [0.4, 0.5) is 0 Å². The fourth-order valence-electron chi connectivity index (χ4n) is 4.06. The topological polar surface area (TPSA) is 70.0 Å². The number of hydrogen-bond donors (Lipinski definition) is 0. The van der Waals surface area contributed by atoms with Crippen molar-refractivity contribution in [2.24, 2.45) is 12.5 Å². The van der Waals surface area contributed by atoms with Gasteiger partial charge in [0.1, 0.15) is 0 Å². The van der Waals surface area contributed by atoms with E-state index in [1.54, 1.807) is 0 Å². The van der Waals surface area contributed by atoms with Crippen LogP contribution in [-0.4, -0.2) is 20.3 Å². The monoisotopic (exact) mass is 399 g/mol. The average Bonchev–Trinajstić information content (AvgIpc) is 3.13. The average molecular weight is 400 g/mol. The van der Waals surface area contributed by atoms with Crippen LogP contribution in [0.1, 0.15) is 92.0 Å². The molecule has 0 aromatic carbocycles. The number of carbonyl (C=O) groups excluding carboxylic acids is 1. The van der Waals surface area contributed by atoms with Gasteiger partial charge in [0.15, 0.2) is 17.2 Å². The zero-order valence-electron chi connectivity index (χ0n) is 18.5. The number of nitrogens with zero attached hydrogens (tertiary/aromatic N) is 3. The van der Waals surface area contributed by atoms with E-state index in [1.807, 2.05) is 42.4 Å². The molecular formula is C23H33N3O3. The normalized spacial score (nSPS) is 16.1. The van der Waals surface area contributed by atoms with Gasteiger partial charge in [0, 0.05) is 30.3 Å². The SMILES string of the molecule is Cc1c(C(=O)Cc2c(C)n(C)n(C3CCCCC3)c2=O)noc1/C=C\C(C)(C)C. The van der Waals surface area contributed by atoms with Crippen LogP contribution >= 0.6 is 0 Å². The van der Waals surface area contributed by atoms with Crippen molar-refractivity contribution in [1.82, 2.24) is 14.5 Å². The summed E-state index contributed by atoms with van der Waals surface area (Å²) in [7, 11) is 1.91. The van der Waals surface area contributed by atoms with Gasteiger partial charge in [0.25, 0.3) is 5.56 Å². The van der Waals surface area contributed by atoms with E-state index < -0.39 is 0 Å². The summed E-state index contributed by atoms with van der Waals surface area (Å²) < 4.78 is 9.16. The van der Waals surface area contributed by atoms with E-state index in [-0.39, 0.29) is 29.2 Å². The summed E-state index contributed by atoms with van der Waals surface area (Å²) in [6.07, 6.45) is 9.53. The second-order valence-corrected chi connectivity index (χ2v) is 9.35. The second kappa shape index (κ2) is 8.17. The smallest absolute Gasteiger partial charge is 0.270 e. The van der Waals surface area contributed by atoms with Crippen molar-refractivity contribution in [3.63, 3.8) is 0 Å². The van der Waals surface area contributed by atoms with Gasteiger partial charge in [-0.1, -0.05) is 51.3 Å². The van der Waals surface area contributed by atoms with Gasteiger partial charge in [0.2, 0.25) is 0 Å². The molecule has 0 unspecified atom stereocenters. The second-order valence-electron chi connectivity index (χ2n) is 9.35. The molecule has 0 amide bonds. The number of ketones is 1. The van der Waals surface area contributed by atoms with E-state index in [0.29, 0.717) is 17.0 Å². The molecule has 0 saturated heterocycles. The van der Waals surface area contributed by atoms with E-state index >= 15 is 0 Å². The molecule has 0 atom stereocenters. The van der Waals surface area contributed by atoms with Crippen LogP contribution in [0.2, 0.25) is 0 Å². The fraction of sp³-hybridized carbons (Fsp3) is 0.609. The minimum Gasteiger partial charge on any atom is -0.356 e. The van der Waals surface area contributed by atoms with Crippen LogP contribution in [-0.2, 0) is 13.5 Å². The number of carbonyl (C=O) groups is 1. The maximum absolute atomic E-state index is 13.1. The highest BCUT2D eigenvalue weighted by atomic mass is 16.5. The predicted molar refractivity (Wildman–Crippen MR) is 114 cm³/mol. The zero-order chi connectivity index (χ0) is 21.3. The summed E-state index contributed by atoms with van der Waals surface area (Å²) in [6, 6.07) is 0.228. The van der Waals surface area contributed by atoms with Gasteiger partial charge in [0.05, 0.1) is 6.04 Å². The van der Waals surface area contributed by atoms with Gasteiger partial charge in [-0.25, -0.2) is 4.68 Å². The Balaban J connectivity index is 1.86. The number of aromatic nitrogens is 3. The molecule has 0 radical (unpaired) electrons. The highest BCUT2D eigenvalue weighted by Gasteiger charge is 2.26. The molecule has 1 aliphatic rings. The predicted octanol–water partition coefficient (Wildman–Crippen LogP) is 4.78. The van der Waals surface area contributed by atoms with Crippen LogP contribution < -0.4 is 5.56 Å². The van der Waals surface area contributed by atoms with Crippen molar-refractivity contribution in [1.29, 1.82) is 0 Å². The molecule has 2 heterocycles. The number of allylic oxidation sites excluding steroid dienone is 1. The zero-order valence-corrected chi connectivity index (χ0v) is 18.5. The standard InChI is InChI=1S/C23H33N3O3/c1-15-20(12-13-23(3,4)5)29-24-21(15)19(27)14-18-16(2)25(6)26(22(18)28)17-10-8-7-9-11-17/h12-13,17H,7-11,14H2,1-6H3/b13-12-. The largest absolute Gasteiger partial charge is 0.356 e. The summed E-state index contributed by atoms with van der Waals surface area (Å²) in [6.45, 7) is 10.0. The lowest BCUT2D eigenvalue weighted by Crippen LogP contribution is -2.29. The molecule has 1 saturated carbocycles. The first kappa shape index (κ1) is 21.3. The minimum atomic E-state index is -0.178. The van der Waals surface area contributed by atoms with Crippen molar-refractivity contribution < 1.29 is 9.32 Å². The van der Waals surface area contributed by atoms with Crippen LogP contribution in [0, 0.1) is 19.3 Å². The molecule has 29 heavy (non-hydrogen) atoms. The Bertz CT molecular complexity index is 976. The molecule has 2 aromatic heterocycles. The first-order valence-electron chi connectivity index (χ1n) is 10.6. The Labute approximate surface area is 172 Å². The highest BCUT2D eigenvalue weighted by molar-refractivity contribution is 5.97. The van der Waals surface area contributed by atoms with Crippen LogP contribution in [0.15, 0.2) is 15.4 Å². The Morgan fingerprint density at radius 3 is 2.48 bits per heavy atom. The molecular weight excluding hydrogens is 366 g/mol. The van der Waals surface area contributed by atoms with E-state index in [9.17, 15) is 9.59 Å². The van der Waals surface area contributed by atoms with E-state index in [0.717, 1.165) is 36.9 Å². The van der Waals surface area contributed by atoms with Crippen molar-refractivity contribution in [2.75, 3.05) is 0 Å². The summed E-state index contributed by atoms with van der Waals surface area (Å²) in [4.78, 5) is 26.1. The molecule has 3 rings (SSSR count). The Morgan fingerprint density at radius 1 is 1.21 bits per heavy atom. The Hall–Kier alpha value is -2.37. The van der Waals surface area contributed by atoms with Crippen molar-refractivity contribution in [3.05, 3.63) is 44.7 Å². The number of hydrogen-bond acceptors (Lipinski definition) is 4. The Kier molecular flexibility index (Phi) is 6.01. The molecule has 0 aliphatic heterocycles. The first-order chi connectivity index (χ1) is 13.6. The maximum atomic E-state index is 13.1. The quantitative estimate of drug-likeness (QED) is 0.678. The van der Waals surface area contributed by atoms with E-state index in [1.165, 1.54) is 6.42 Å².